The molecule has 0 bridgehead atoms. The van der Waals surface area contributed by atoms with Gasteiger partial charge in [0.15, 0.2) is 5.76 Å². The van der Waals surface area contributed by atoms with Crippen molar-refractivity contribution in [3.63, 3.8) is 0 Å². The first-order valence-corrected chi connectivity index (χ1v) is 5.81. The average molecular weight is 275 g/mol. The van der Waals surface area contributed by atoms with E-state index in [1.54, 1.807) is 19.2 Å². The minimum absolute atomic E-state index is 0. The minimum Gasteiger partial charge on any atom is -0.459 e. The highest BCUT2D eigenvalue weighted by Gasteiger charge is 2.33. The Kier molecular flexibility index (Phi) is 5.65. The number of hydrogen-bond acceptors (Lipinski definition) is 4. The molecular formula is C12H19ClN2O3. The van der Waals surface area contributed by atoms with Crippen molar-refractivity contribution in [1.82, 2.24) is 10.6 Å². The van der Waals surface area contributed by atoms with Gasteiger partial charge < -0.3 is 19.8 Å². The van der Waals surface area contributed by atoms with Gasteiger partial charge in [0.05, 0.1) is 18.4 Å². The molecule has 1 aromatic rings. The summed E-state index contributed by atoms with van der Waals surface area (Å²) in [5, 5.41) is 6.28. The van der Waals surface area contributed by atoms with Crippen LogP contribution in [0.1, 0.15) is 23.4 Å². The fraction of sp³-hybridized carbons (Fsp3) is 0.583. The number of nitrogens with one attached hydrogen (secondary N) is 2. The molecule has 1 aromatic heterocycles. The van der Waals surface area contributed by atoms with Crippen molar-refractivity contribution in [2.75, 3.05) is 26.8 Å². The zero-order valence-electron chi connectivity index (χ0n) is 10.4. The third kappa shape index (κ3) is 3.48. The van der Waals surface area contributed by atoms with Gasteiger partial charge in [-0.15, -0.1) is 12.4 Å². The van der Waals surface area contributed by atoms with Crippen molar-refractivity contribution in [2.24, 2.45) is 0 Å². The van der Waals surface area contributed by atoms with Crippen LogP contribution in [0.3, 0.4) is 0 Å². The summed E-state index contributed by atoms with van der Waals surface area (Å²) < 4.78 is 10.3. The molecule has 1 aliphatic rings. The number of furan rings is 1. The third-order valence-corrected chi connectivity index (χ3v) is 3.09. The van der Waals surface area contributed by atoms with Crippen LogP contribution < -0.4 is 10.6 Å². The summed E-state index contributed by atoms with van der Waals surface area (Å²) in [4.78, 5) is 11.7. The molecule has 1 unspecified atom stereocenters. The van der Waals surface area contributed by atoms with Gasteiger partial charge >= 0.3 is 0 Å². The van der Waals surface area contributed by atoms with Gasteiger partial charge in [-0.3, -0.25) is 4.79 Å². The van der Waals surface area contributed by atoms with E-state index < -0.39 is 0 Å². The molecule has 2 N–H and O–H groups in total. The van der Waals surface area contributed by atoms with Crippen LogP contribution in [0, 0.1) is 0 Å². The van der Waals surface area contributed by atoms with E-state index in [0.29, 0.717) is 18.9 Å². The molecule has 18 heavy (non-hydrogen) atoms. The van der Waals surface area contributed by atoms with Crippen LogP contribution in [0.15, 0.2) is 22.8 Å². The van der Waals surface area contributed by atoms with Gasteiger partial charge in [0.2, 0.25) is 0 Å². The van der Waals surface area contributed by atoms with Crippen molar-refractivity contribution >= 4 is 18.3 Å². The summed E-state index contributed by atoms with van der Waals surface area (Å²) in [5.41, 5.74) is -0.128. The Labute approximate surface area is 113 Å². The van der Waals surface area contributed by atoms with Gasteiger partial charge in [-0.05, 0) is 31.5 Å². The van der Waals surface area contributed by atoms with Crippen LogP contribution in [0.4, 0.5) is 0 Å². The Morgan fingerprint density at radius 2 is 2.50 bits per heavy atom. The number of amides is 1. The number of hydrogen-bond donors (Lipinski definition) is 2. The van der Waals surface area contributed by atoms with E-state index >= 15 is 0 Å². The number of halogens is 1. The fourth-order valence-corrected chi connectivity index (χ4v) is 2.21. The van der Waals surface area contributed by atoms with E-state index in [9.17, 15) is 4.79 Å². The van der Waals surface area contributed by atoms with Crippen LogP contribution >= 0.6 is 12.4 Å². The van der Waals surface area contributed by atoms with Crippen molar-refractivity contribution in [3.05, 3.63) is 24.2 Å². The maximum atomic E-state index is 11.7. The van der Waals surface area contributed by atoms with E-state index in [1.165, 1.54) is 6.26 Å². The summed E-state index contributed by atoms with van der Waals surface area (Å²) in [6.07, 6.45) is 3.62. The second kappa shape index (κ2) is 6.78. The van der Waals surface area contributed by atoms with Gasteiger partial charge in [-0.25, -0.2) is 0 Å². The molecule has 1 amide bonds. The number of carbonyl (C=O) groups is 1. The Balaban J connectivity index is 0.00000162. The van der Waals surface area contributed by atoms with Crippen molar-refractivity contribution in [3.8, 4) is 0 Å². The summed E-state index contributed by atoms with van der Waals surface area (Å²) in [5.74, 6) is 0.162. The molecule has 0 spiro atoms. The molecule has 2 rings (SSSR count). The zero-order chi connectivity index (χ0) is 12.1. The zero-order valence-corrected chi connectivity index (χ0v) is 11.2. The lowest BCUT2D eigenvalue weighted by Gasteiger charge is -2.28. The molecule has 0 radical (unpaired) electrons. The molecule has 1 aliphatic heterocycles. The number of methoxy groups -OCH3 is 1. The Morgan fingerprint density at radius 1 is 1.67 bits per heavy atom. The molecule has 0 aromatic carbocycles. The van der Waals surface area contributed by atoms with Crippen molar-refractivity contribution in [2.45, 2.75) is 18.4 Å². The molecule has 2 heterocycles. The lowest BCUT2D eigenvalue weighted by atomic mass is 9.98. The number of rotatable bonds is 5. The molecule has 1 fully saturated rings. The Morgan fingerprint density at radius 3 is 3.06 bits per heavy atom. The summed E-state index contributed by atoms with van der Waals surface area (Å²) >= 11 is 0. The largest absolute Gasteiger partial charge is 0.459 e. The number of ether oxygens (including phenoxy) is 1. The molecular weight excluding hydrogens is 256 g/mol. The van der Waals surface area contributed by atoms with Crippen LogP contribution in [-0.2, 0) is 4.74 Å². The first-order valence-electron chi connectivity index (χ1n) is 5.81. The second-order valence-electron chi connectivity index (χ2n) is 4.40. The normalized spacial score (nSPS) is 22.5. The predicted octanol–water partition coefficient (Wildman–Crippen LogP) is 1.20. The lowest BCUT2D eigenvalue weighted by molar-refractivity contribution is 0.0867. The average Bonchev–Trinajstić information content (AvgIpc) is 2.98. The highest BCUT2D eigenvalue weighted by atomic mass is 35.5. The molecule has 102 valence electrons. The maximum Gasteiger partial charge on any atom is 0.287 e. The van der Waals surface area contributed by atoms with Gasteiger partial charge in [-0.2, -0.15) is 0 Å². The topological polar surface area (TPSA) is 63.5 Å². The van der Waals surface area contributed by atoms with E-state index in [1.807, 2.05) is 0 Å². The summed E-state index contributed by atoms with van der Waals surface area (Å²) in [6, 6.07) is 3.36. The van der Waals surface area contributed by atoms with E-state index in [4.69, 9.17) is 9.15 Å². The standard InChI is InChI=1S/C12H18N2O3.ClH/c1-16-9-12(5-3-6-14-12)8-13-11(15)10-4-2-7-17-10;/h2,4,7,14H,3,5-6,8-9H2,1H3,(H,13,15);1H. The second-order valence-corrected chi connectivity index (χ2v) is 4.40. The summed E-state index contributed by atoms with van der Waals surface area (Å²) in [7, 11) is 1.68. The minimum atomic E-state index is -0.181. The fourth-order valence-electron chi connectivity index (χ4n) is 2.21. The van der Waals surface area contributed by atoms with Gasteiger partial charge in [0, 0.05) is 13.7 Å². The van der Waals surface area contributed by atoms with Crippen LogP contribution in [0.25, 0.3) is 0 Å². The highest BCUT2D eigenvalue weighted by molar-refractivity contribution is 5.91. The van der Waals surface area contributed by atoms with E-state index in [0.717, 1.165) is 19.4 Å². The smallest absolute Gasteiger partial charge is 0.287 e. The third-order valence-electron chi connectivity index (χ3n) is 3.09. The van der Waals surface area contributed by atoms with Crippen LogP contribution in [0.5, 0.6) is 0 Å². The van der Waals surface area contributed by atoms with Gasteiger partial charge in [0.1, 0.15) is 0 Å². The molecule has 0 aliphatic carbocycles. The van der Waals surface area contributed by atoms with Crippen LogP contribution in [0.2, 0.25) is 0 Å². The number of carbonyl (C=O) groups excluding carboxylic acids is 1. The molecule has 6 heteroatoms. The molecule has 5 nitrogen and oxygen atoms in total. The lowest BCUT2D eigenvalue weighted by Crippen LogP contribution is -2.52. The van der Waals surface area contributed by atoms with Crippen molar-refractivity contribution < 1.29 is 13.9 Å². The van der Waals surface area contributed by atoms with E-state index in [-0.39, 0.29) is 23.9 Å². The monoisotopic (exact) mass is 274 g/mol. The highest BCUT2D eigenvalue weighted by Crippen LogP contribution is 2.18. The summed E-state index contributed by atoms with van der Waals surface area (Å²) in [6.45, 7) is 2.13. The molecule has 1 atom stereocenters. The molecule has 1 saturated heterocycles. The SMILES string of the molecule is COCC1(CNC(=O)c2ccco2)CCCN1.Cl. The predicted molar refractivity (Wildman–Crippen MR) is 70.1 cm³/mol. The van der Waals surface area contributed by atoms with Crippen LogP contribution in [-0.4, -0.2) is 38.3 Å². The quantitative estimate of drug-likeness (QED) is 0.847. The maximum absolute atomic E-state index is 11.7. The first-order chi connectivity index (χ1) is 8.26. The Bertz CT molecular complexity index is 361. The molecule has 0 saturated carbocycles. The van der Waals surface area contributed by atoms with Crippen molar-refractivity contribution in [1.29, 1.82) is 0 Å². The van der Waals surface area contributed by atoms with E-state index in [2.05, 4.69) is 10.6 Å². The first kappa shape index (κ1) is 15.0. The Hall–Kier alpha value is -1.04. The van der Waals surface area contributed by atoms with Gasteiger partial charge in [-0.1, -0.05) is 0 Å². The van der Waals surface area contributed by atoms with Gasteiger partial charge in [0.25, 0.3) is 5.91 Å².